The van der Waals surface area contributed by atoms with Gasteiger partial charge in [-0.05, 0) is 79.5 Å². The smallest absolute Gasteiger partial charge is 0.149 e. The van der Waals surface area contributed by atoms with E-state index in [2.05, 4.69) is 38.1 Å². The van der Waals surface area contributed by atoms with Crippen LogP contribution in [-0.4, -0.2) is 13.2 Å². The van der Waals surface area contributed by atoms with E-state index in [1.165, 1.54) is 24.8 Å². The monoisotopic (exact) mass is 460 g/mol. The van der Waals surface area contributed by atoms with Gasteiger partial charge >= 0.3 is 0 Å². The van der Waals surface area contributed by atoms with Crippen molar-refractivity contribution in [1.82, 2.24) is 0 Å². The quantitative estimate of drug-likeness (QED) is 0.295. The first-order valence-corrected chi connectivity index (χ1v) is 12.8. The second kappa shape index (κ2) is 13.2. The van der Waals surface area contributed by atoms with Crippen molar-refractivity contribution in [2.45, 2.75) is 84.2 Å². The van der Waals surface area contributed by atoms with Gasteiger partial charge in [0.25, 0.3) is 0 Å². The van der Waals surface area contributed by atoms with E-state index in [-0.39, 0.29) is 16.8 Å². The molecule has 1 fully saturated rings. The van der Waals surface area contributed by atoms with Gasteiger partial charge in [0.05, 0.1) is 0 Å². The molecule has 2 aromatic carbocycles. The number of ether oxygens (including phenoxy) is 2. The number of benzene rings is 2. The molecule has 0 unspecified atom stereocenters. The maximum atomic E-state index is 15.1. The molecule has 0 bridgehead atoms. The molecule has 0 atom stereocenters. The molecule has 1 aliphatic carbocycles. The lowest BCUT2D eigenvalue weighted by molar-refractivity contribution is 0.0830. The van der Waals surface area contributed by atoms with Gasteiger partial charge in [0.2, 0.25) is 0 Å². The summed E-state index contributed by atoms with van der Waals surface area (Å²) in [7, 11) is 0. The average molecular weight is 461 g/mol. The Morgan fingerprint density at radius 3 is 2.31 bits per heavy atom. The van der Waals surface area contributed by atoms with Crippen LogP contribution in [0.5, 0.6) is 5.75 Å². The number of halogens is 2. The Labute approximate surface area is 198 Å². The van der Waals surface area contributed by atoms with Crippen LogP contribution in [-0.2, 0) is 17.8 Å². The van der Waals surface area contributed by atoms with E-state index in [4.69, 9.17) is 21.1 Å². The highest BCUT2D eigenvalue weighted by Crippen LogP contribution is 2.40. The van der Waals surface area contributed by atoms with Crippen LogP contribution in [0.2, 0.25) is 5.02 Å². The summed E-state index contributed by atoms with van der Waals surface area (Å²) >= 11 is 6.37. The third kappa shape index (κ3) is 7.22. The zero-order valence-electron chi connectivity index (χ0n) is 19.7. The van der Waals surface area contributed by atoms with E-state index in [1.54, 1.807) is 0 Å². The summed E-state index contributed by atoms with van der Waals surface area (Å²) in [5.74, 6) is 0.920. The molecular weight excluding hydrogens is 423 g/mol. The number of unbranched alkanes of at least 4 members (excludes halogenated alkanes) is 2. The van der Waals surface area contributed by atoms with Gasteiger partial charge in [-0.1, -0.05) is 68.6 Å². The fourth-order valence-corrected chi connectivity index (χ4v) is 4.78. The molecule has 0 aromatic heterocycles. The van der Waals surface area contributed by atoms with Gasteiger partial charge in [0.15, 0.2) is 0 Å². The summed E-state index contributed by atoms with van der Waals surface area (Å²) in [6.07, 6.45) is 10.0. The molecule has 176 valence electrons. The molecule has 0 N–H and O–H groups in total. The second-order valence-corrected chi connectivity index (χ2v) is 9.51. The Bertz CT molecular complexity index is 813. The minimum absolute atomic E-state index is 0.104. The van der Waals surface area contributed by atoms with E-state index in [0.717, 1.165) is 62.9 Å². The fourth-order valence-electron chi connectivity index (χ4n) is 4.55. The number of hydrogen-bond donors (Lipinski definition) is 0. The van der Waals surface area contributed by atoms with Crippen LogP contribution in [0.15, 0.2) is 36.4 Å². The molecule has 1 saturated carbocycles. The lowest BCUT2D eigenvalue weighted by Crippen LogP contribution is -2.18. The predicted molar refractivity (Wildman–Crippen MR) is 131 cm³/mol. The Balaban J connectivity index is 1.52. The van der Waals surface area contributed by atoms with Crippen molar-refractivity contribution in [2.75, 3.05) is 13.2 Å². The summed E-state index contributed by atoms with van der Waals surface area (Å²) in [5, 5.41) is 0.104. The van der Waals surface area contributed by atoms with Crippen molar-refractivity contribution in [3.63, 3.8) is 0 Å². The molecular formula is C28H38ClFO2. The Kier molecular flexibility index (Phi) is 10.3. The zero-order valence-corrected chi connectivity index (χ0v) is 20.4. The molecule has 3 rings (SSSR count). The van der Waals surface area contributed by atoms with Crippen molar-refractivity contribution in [2.24, 2.45) is 5.92 Å². The maximum absolute atomic E-state index is 15.1. The largest absolute Gasteiger partial charge is 0.487 e. The van der Waals surface area contributed by atoms with Gasteiger partial charge in [0.1, 0.15) is 23.2 Å². The highest BCUT2D eigenvalue weighted by Gasteiger charge is 2.26. The predicted octanol–water partition coefficient (Wildman–Crippen LogP) is 8.49. The molecule has 0 saturated heterocycles. The molecule has 2 aromatic rings. The average Bonchev–Trinajstić information content (AvgIpc) is 2.82. The van der Waals surface area contributed by atoms with Crippen LogP contribution in [0.1, 0.15) is 87.8 Å². The van der Waals surface area contributed by atoms with Crippen LogP contribution in [0.4, 0.5) is 4.39 Å². The van der Waals surface area contributed by atoms with E-state index < -0.39 is 0 Å². The topological polar surface area (TPSA) is 18.5 Å². The van der Waals surface area contributed by atoms with Gasteiger partial charge in [-0.3, -0.25) is 0 Å². The van der Waals surface area contributed by atoms with Gasteiger partial charge in [-0.2, -0.15) is 0 Å². The third-order valence-electron chi connectivity index (χ3n) is 6.55. The van der Waals surface area contributed by atoms with Crippen LogP contribution < -0.4 is 4.74 Å². The SMILES string of the molecule is CCCCCc1ccc(COc2ccc(C3CCC(COCCC)CC3)c(F)c2Cl)cc1. The Morgan fingerprint density at radius 2 is 1.62 bits per heavy atom. The first kappa shape index (κ1) is 25.1. The van der Waals surface area contributed by atoms with Gasteiger partial charge < -0.3 is 9.47 Å². The zero-order chi connectivity index (χ0) is 22.8. The number of rotatable bonds is 12. The molecule has 1 aliphatic rings. The molecule has 0 spiro atoms. The van der Waals surface area contributed by atoms with Crippen LogP contribution in [0.3, 0.4) is 0 Å². The second-order valence-electron chi connectivity index (χ2n) is 9.14. The Hall–Kier alpha value is -1.58. The van der Waals surface area contributed by atoms with E-state index in [0.29, 0.717) is 18.3 Å². The lowest BCUT2D eigenvalue weighted by atomic mass is 9.79. The molecule has 2 nitrogen and oxygen atoms in total. The third-order valence-corrected chi connectivity index (χ3v) is 6.90. The highest BCUT2D eigenvalue weighted by molar-refractivity contribution is 6.32. The molecule has 0 aliphatic heterocycles. The molecule has 0 heterocycles. The molecule has 0 amide bonds. The summed E-state index contributed by atoms with van der Waals surface area (Å²) in [4.78, 5) is 0. The summed E-state index contributed by atoms with van der Waals surface area (Å²) in [5.41, 5.74) is 3.14. The summed E-state index contributed by atoms with van der Waals surface area (Å²) in [6.45, 7) is 6.39. The standard InChI is InChI=1S/C28H38ClFO2/c1-3-5-6-7-21-8-10-23(11-9-21)20-32-26-17-16-25(28(30)27(26)29)24-14-12-22(13-15-24)19-31-18-4-2/h8-11,16-17,22,24H,3-7,12-15,18-20H2,1-2H3. The highest BCUT2D eigenvalue weighted by atomic mass is 35.5. The van der Waals surface area contributed by atoms with Crippen molar-refractivity contribution in [1.29, 1.82) is 0 Å². The van der Waals surface area contributed by atoms with Crippen LogP contribution in [0.25, 0.3) is 0 Å². The van der Waals surface area contributed by atoms with E-state index in [9.17, 15) is 0 Å². The normalized spacial score (nSPS) is 18.6. The number of aryl methyl sites for hydroxylation is 1. The van der Waals surface area contributed by atoms with Gasteiger partial charge in [-0.15, -0.1) is 0 Å². The molecule has 4 heteroatoms. The van der Waals surface area contributed by atoms with E-state index >= 15 is 4.39 Å². The van der Waals surface area contributed by atoms with Gasteiger partial charge in [-0.25, -0.2) is 4.39 Å². The number of hydrogen-bond acceptors (Lipinski definition) is 2. The Morgan fingerprint density at radius 1 is 0.906 bits per heavy atom. The van der Waals surface area contributed by atoms with Gasteiger partial charge in [0, 0.05) is 13.2 Å². The van der Waals surface area contributed by atoms with Crippen molar-refractivity contribution in [3.8, 4) is 5.75 Å². The van der Waals surface area contributed by atoms with Crippen molar-refractivity contribution < 1.29 is 13.9 Å². The summed E-state index contributed by atoms with van der Waals surface area (Å²) < 4.78 is 26.7. The van der Waals surface area contributed by atoms with Crippen molar-refractivity contribution >= 4 is 11.6 Å². The van der Waals surface area contributed by atoms with E-state index in [1.807, 2.05) is 12.1 Å². The van der Waals surface area contributed by atoms with Crippen LogP contribution in [0, 0.1) is 11.7 Å². The van der Waals surface area contributed by atoms with Crippen molar-refractivity contribution in [3.05, 3.63) is 63.9 Å². The lowest BCUT2D eigenvalue weighted by Gasteiger charge is -2.29. The summed E-state index contributed by atoms with van der Waals surface area (Å²) in [6, 6.07) is 12.2. The van der Waals surface area contributed by atoms with Crippen LogP contribution >= 0.6 is 11.6 Å². The fraction of sp³-hybridized carbons (Fsp3) is 0.571. The maximum Gasteiger partial charge on any atom is 0.149 e. The first-order chi connectivity index (χ1) is 15.6. The first-order valence-electron chi connectivity index (χ1n) is 12.4. The molecule has 32 heavy (non-hydrogen) atoms. The minimum atomic E-state index is -0.318. The molecule has 0 radical (unpaired) electrons. The minimum Gasteiger partial charge on any atom is -0.487 e.